The number of rotatable bonds is 4. The molecular formula is C14H15ClN2O2. The van der Waals surface area contributed by atoms with Crippen molar-refractivity contribution >= 4 is 17.5 Å². The molecule has 0 saturated heterocycles. The van der Waals surface area contributed by atoms with E-state index in [0.29, 0.717) is 17.1 Å². The van der Waals surface area contributed by atoms with Crippen LogP contribution < -0.4 is 5.32 Å². The van der Waals surface area contributed by atoms with Gasteiger partial charge in [-0.15, -0.1) is 0 Å². The number of nitrogens with zero attached hydrogens (tertiary/aromatic N) is 1. The molecule has 1 atom stereocenters. The predicted octanol–water partition coefficient (Wildman–Crippen LogP) is 3.00. The van der Waals surface area contributed by atoms with Gasteiger partial charge in [0.15, 0.2) is 0 Å². The summed E-state index contributed by atoms with van der Waals surface area (Å²) in [5, 5.41) is 3.23. The lowest BCUT2D eigenvalue weighted by Gasteiger charge is -2.12. The first kappa shape index (κ1) is 13.6. The average Bonchev–Trinajstić information content (AvgIpc) is 2.80. The first-order chi connectivity index (χ1) is 9.04. The lowest BCUT2D eigenvalue weighted by Crippen LogP contribution is -2.34. The number of aromatic nitrogens is 1. The summed E-state index contributed by atoms with van der Waals surface area (Å²) in [4.78, 5) is 16.1. The zero-order valence-electron chi connectivity index (χ0n) is 10.8. The molecule has 0 fully saturated rings. The Morgan fingerprint density at radius 1 is 1.53 bits per heavy atom. The van der Waals surface area contributed by atoms with E-state index < -0.39 is 0 Å². The van der Waals surface area contributed by atoms with E-state index in [0.717, 1.165) is 11.5 Å². The highest BCUT2D eigenvalue weighted by atomic mass is 35.5. The maximum absolute atomic E-state index is 12.1. The molecule has 2 aromatic rings. The highest BCUT2D eigenvalue weighted by Crippen LogP contribution is 2.11. The fourth-order valence-electron chi connectivity index (χ4n) is 1.85. The highest BCUT2D eigenvalue weighted by molar-refractivity contribution is 6.29. The van der Waals surface area contributed by atoms with E-state index in [1.165, 1.54) is 0 Å². The van der Waals surface area contributed by atoms with Crippen LogP contribution in [0.15, 0.2) is 34.9 Å². The van der Waals surface area contributed by atoms with Crippen molar-refractivity contribution in [2.24, 2.45) is 0 Å². The molecule has 1 unspecified atom stereocenters. The van der Waals surface area contributed by atoms with Crippen molar-refractivity contribution in [3.05, 3.63) is 52.7 Å². The number of pyridine rings is 1. The van der Waals surface area contributed by atoms with Crippen LogP contribution in [0.3, 0.4) is 0 Å². The van der Waals surface area contributed by atoms with E-state index in [1.807, 2.05) is 19.1 Å². The number of hydrogen-bond acceptors (Lipinski definition) is 3. The van der Waals surface area contributed by atoms with Crippen LogP contribution in [0.25, 0.3) is 0 Å². The monoisotopic (exact) mass is 278 g/mol. The van der Waals surface area contributed by atoms with E-state index in [4.69, 9.17) is 16.0 Å². The van der Waals surface area contributed by atoms with Crippen molar-refractivity contribution in [1.82, 2.24) is 10.3 Å². The number of furan rings is 1. The molecule has 0 bridgehead atoms. The van der Waals surface area contributed by atoms with E-state index in [2.05, 4.69) is 10.3 Å². The second-order valence-corrected chi connectivity index (χ2v) is 4.87. The fourth-order valence-corrected chi connectivity index (χ4v) is 2.10. The van der Waals surface area contributed by atoms with Crippen molar-refractivity contribution in [2.75, 3.05) is 0 Å². The molecule has 5 heteroatoms. The van der Waals surface area contributed by atoms with Gasteiger partial charge in [-0.3, -0.25) is 4.79 Å². The molecule has 0 aromatic carbocycles. The second kappa shape index (κ2) is 5.89. The van der Waals surface area contributed by atoms with Gasteiger partial charge in [-0.1, -0.05) is 11.6 Å². The molecule has 0 aliphatic rings. The van der Waals surface area contributed by atoms with Crippen molar-refractivity contribution in [2.45, 2.75) is 26.3 Å². The van der Waals surface area contributed by atoms with Gasteiger partial charge in [0.1, 0.15) is 10.9 Å². The first-order valence-corrected chi connectivity index (χ1v) is 6.40. The number of hydrogen-bond donors (Lipinski definition) is 1. The van der Waals surface area contributed by atoms with Gasteiger partial charge in [0.2, 0.25) is 0 Å². The normalized spacial score (nSPS) is 12.2. The lowest BCUT2D eigenvalue weighted by atomic mass is 10.1. The quantitative estimate of drug-likeness (QED) is 0.875. The molecule has 0 saturated carbocycles. The number of amides is 1. The molecule has 0 spiro atoms. The molecule has 2 heterocycles. The Hall–Kier alpha value is -1.81. The molecule has 0 aliphatic heterocycles. The third-order valence-electron chi connectivity index (χ3n) is 2.65. The zero-order valence-corrected chi connectivity index (χ0v) is 11.6. The second-order valence-electron chi connectivity index (χ2n) is 4.48. The molecule has 1 amide bonds. The van der Waals surface area contributed by atoms with E-state index in [-0.39, 0.29) is 11.9 Å². The standard InChI is InChI=1S/C14H15ClN2O2/c1-9-6-11(8-13(15)16-9)14(18)17-10(2)7-12-4-3-5-19-12/h3-6,8,10H,7H2,1-2H3,(H,17,18). The van der Waals surface area contributed by atoms with Gasteiger partial charge in [0, 0.05) is 23.7 Å². The summed E-state index contributed by atoms with van der Waals surface area (Å²) < 4.78 is 5.25. The van der Waals surface area contributed by atoms with Gasteiger partial charge in [0.25, 0.3) is 5.91 Å². The van der Waals surface area contributed by atoms with Crippen LogP contribution in [0.1, 0.15) is 28.7 Å². The molecule has 2 aromatic heterocycles. The smallest absolute Gasteiger partial charge is 0.251 e. The third-order valence-corrected chi connectivity index (χ3v) is 2.84. The van der Waals surface area contributed by atoms with Gasteiger partial charge in [-0.2, -0.15) is 0 Å². The van der Waals surface area contributed by atoms with Crippen LogP contribution in [-0.4, -0.2) is 16.9 Å². The largest absolute Gasteiger partial charge is 0.469 e. The Kier molecular flexibility index (Phi) is 4.22. The minimum absolute atomic E-state index is 0.0223. The third kappa shape index (κ3) is 3.83. The van der Waals surface area contributed by atoms with E-state index in [1.54, 1.807) is 25.3 Å². The highest BCUT2D eigenvalue weighted by Gasteiger charge is 2.12. The molecular weight excluding hydrogens is 264 g/mol. The molecule has 1 N–H and O–H groups in total. The predicted molar refractivity (Wildman–Crippen MR) is 73.3 cm³/mol. The van der Waals surface area contributed by atoms with Gasteiger partial charge >= 0.3 is 0 Å². The molecule has 4 nitrogen and oxygen atoms in total. The number of carbonyl (C=O) groups is 1. The Morgan fingerprint density at radius 2 is 2.32 bits per heavy atom. The van der Waals surface area contributed by atoms with E-state index >= 15 is 0 Å². The summed E-state index contributed by atoms with van der Waals surface area (Å²) in [6, 6.07) is 6.96. The average molecular weight is 279 g/mol. The maximum atomic E-state index is 12.1. The van der Waals surface area contributed by atoms with Crippen molar-refractivity contribution < 1.29 is 9.21 Å². The van der Waals surface area contributed by atoms with Crippen LogP contribution in [0, 0.1) is 6.92 Å². The van der Waals surface area contributed by atoms with Crippen molar-refractivity contribution in [1.29, 1.82) is 0 Å². The topological polar surface area (TPSA) is 55.1 Å². The SMILES string of the molecule is Cc1cc(C(=O)NC(C)Cc2ccco2)cc(Cl)n1. The minimum atomic E-state index is -0.161. The summed E-state index contributed by atoms with van der Waals surface area (Å²) in [7, 11) is 0. The molecule has 2 rings (SSSR count). The lowest BCUT2D eigenvalue weighted by molar-refractivity contribution is 0.0939. The van der Waals surface area contributed by atoms with Crippen molar-refractivity contribution in [3.63, 3.8) is 0 Å². The molecule has 0 aliphatic carbocycles. The first-order valence-electron chi connectivity index (χ1n) is 6.02. The van der Waals surface area contributed by atoms with Crippen LogP contribution in [0.2, 0.25) is 5.15 Å². The summed E-state index contributed by atoms with van der Waals surface area (Å²) in [6.07, 6.45) is 2.27. The fraction of sp³-hybridized carbons (Fsp3) is 0.286. The van der Waals surface area contributed by atoms with Crippen molar-refractivity contribution in [3.8, 4) is 0 Å². The number of carbonyl (C=O) groups excluding carboxylic acids is 1. The van der Waals surface area contributed by atoms with Crippen LogP contribution >= 0.6 is 11.6 Å². The molecule has 19 heavy (non-hydrogen) atoms. The van der Waals surface area contributed by atoms with Crippen LogP contribution in [0.5, 0.6) is 0 Å². The summed E-state index contributed by atoms with van der Waals surface area (Å²) in [5.41, 5.74) is 1.24. The Bertz CT molecular complexity index is 547. The van der Waals surface area contributed by atoms with Crippen LogP contribution in [-0.2, 0) is 6.42 Å². The van der Waals surface area contributed by atoms with Gasteiger partial charge in [-0.25, -0.2) is 4.98 Å². The van der Waals surface area contributed by atoms with Gasteiger partial charge in [-0.05, 0) is 38.1 Å². The maximum Gasteiger partial charge on any atom is 0.251 e. The minimum Gasteiger partial charge on any atom is -0.469 e. The number of aryl methyl sites for hydroxylation is 1. The number of halogens is 1. The Morgan fingerprint density at radius 3 is 2.95 bits per heavy atom. The summed E-state index contributed by atoms with van der Waals surface area (Å²) in [6.45, 7) is 3.73. The zero-order chi connectivity index (χ0) is 13.8. The summed E-state index contributed by atoms with van der Waals surface area (Å²) in [5.74, 6) is 0.684. The molecule has 0 radical (unpaired) electrons. The van der Waals surface area contributed by atoms with Crippen LogP contribution in [0.4, 0.5) is 0 Å². The van der Waals surface area contributed by atoms with Gasteiger partial charge < -0.3 is 9.73 Å². The van der Waals surface area contributed by atoms with Gasteiger partial charge in [0.05, 0.1) is 6.26 Å². The van der Waals surface area contributed by atoms with E-state index in [9.17, 15) is 4.79 Å². The molecule has 100 valence electrons. The number of nitrogens with one attached hydrogen (secondary N) is 1. The Labute approximate surface area is 116 Å². The summed E-state index contributed by atoms with van der Waals surface area (Å²) >= 11 is 5.84. The Balaban J connectivity index is 2.00.